The van der Waals surface area contributed by atoms with E-state index in [0.717, 1.165) is 36.3 Å². The van der Waals surface area contributed by atoms with Crippen LogP contribution >= 0.6 is 0 Å². The predicted octanol–water partition coefficient (Wildman–Crippen LogP) is 3.83. The lowest BCUT2D eigenvalue weighted by Gasteiger charge is -2.26. The van der Waals surface area contributed by atoms with Crippen molar-refractivity contribution in [2.75, 3.05) is 19.0 Å². The number of amides is 2. The van der Waals surface area contributed by atoms with Crippen LogP contribution in [0.5, 0.6) is 5.75 Å². The average molecular weight is 434 g/mol. The maximum atomic E-state index is 12.4. The number of anilines is 1. The van der Waals surface area contributed by atoms with Gasteiger partial charge in [-0.3, -0.25) is 9.59 Å². The number of carbonyl (C=O) groups excluding carboxylic acids is 2. The van der Waals surface area contributed by atoms with Gasteiger partial charge in [0.15, 0.2) is 0 Å². The van der Waals surface area contributed by atoms with E-state index in [1.807, 2.05) is 53.4 Å². The van der Waals surface area contributed by atoms with Crippen LogP contribution < -0.4 is 10.1 Å². The number of hydrogen-bond acceptors (Lipinski definition) is 6. The minimum absolute atomic E-state index is 0.139. The van der Waals surface area contributed by atoms with Gasteiger partial charge in [0.05, 0.1) is 7.11 Å². The summed E-state index contributed by atoms with van der Waals surface area (Å²) in [5.74, 6) is 1.69. The number of methoxy groups -OCH3 is 1. The summed E-state index contributed by atoms with van der Waals surface area (Å²) in [5.41, 5.74) is 2.52. The molecule has 166 valence electrons. The van der Waals surface area contributed by atoms with Crippen molar-refractivity contribution in [1.82, 2.24) is 15.0 Å². The highest BCUT2D eigenvalue weighted by Gasteiger charge is 2.18. The molecule has 2 amide bonds. The van der Waals surface area contributed by atoms with Crippen molar-refractivity contribution in [3.63, 3.8) is 0 Å². The number of hydrogen-bond donors (Lipinski definition) is 1. The fourth-order valence-electron chi connectivity index (χ4n) is 3.65. The maximum Gasteiger partial charge on any atom is 0.227 e. The molecule has 0 aliphatic carbocycles. The molecule has 4 rings (SSSR count). The number of ether oxygens (including phenoxy) is 1. The zero-order valence-corrected chi connectivity index (χ0v) is 18.0. The molecule has 8 heteroatoms. The van der Waals surface area contributed by atoms with E-state index in [9.17, 15) is 9.59 Å². The molecule has 0 atom stereocenters. The Hall–Kier alpha value is -3.68. The molecule has 2 heterocycles. The summed E-state index contributed by atoms with van der Waals surface area (Å²) >= 11 is 0. The first-order valence-electron chi connectivity index (χ1n) is 10.7. The van der Waals surface area contributed by atoms with Crippen LogP contribution in [0.25, 0.3) is 11.4 Å². The van der Waals surface area contributed by atoms with E-state index in [1.54, 1.807) is 7.11 Å². The molecule has 3 aromatic rings. The fourth-order valence-corrected chi connectivity index (χ4v) is 3.65. The van der Waals surface area contributed by atoms with Gasteiger partial charge >= 0.3 is 0 Å². The Balaban J connectivity index is 1.29. The van der Waals surface area contributed by atoms with Gasteiger partial charge in [0.2, 0.25) is 23.5 Å². The first kappa shape index (κ1) is 21.5. The number of piperidine rings is 1. The van der Waals surface area contributed by atoms with E-state index in [-0.39, 0.29) is 18.2 Å². The molecule has 0 radical (unpaired) electrons. The first-order chi connectivity index (χ1) is 15.6. The summed E-state index contributed by atoms with van der Waals surface area (Å²) in [6.07, 6.45) is 3.19. The van der Waals surface area contributed by atoms with Crippen molar-refractivity contribution in [3.8, 4) is 17.1 Å². The van der Waals surface area contributed by atoms with Gasteiger partial charge in [0.1, 0.15) is 5.75 Å². The third kappa shape index (κ3) is 5.51. The normalized spacial score (nSPS) is 13.8. The third-order valence-electron chi connectivity index (χ3n) is 5.39. The lowest BCUT2D eigenvalue weighted by Crippen LogP contribution is -2.34. The van der Waals surface area contributed by atoms with Gasteiger partial charge in [0.25, 0.3) is 0 Å². The number of nitrogens with one attached hydrogen (secondary N) is 1. The van der Waals surface area contributed by atoms with E-state index in [1.165, 1.54) is 0 Å². The van der Waals surface area contributed by atoms with Gasteiger partial charge < -0.3 is 19.5 Å². The van der Waals surface area contributed by atoms with Crippen molar-refractivity contribution < 1.29 is 18.8 Å². The maximum absolute atomic E-state index is 12.4. The van der Waals surface area contributed by atoms with Crippen LogP contribution in [-0.2, 0) is 22.6 Å². The van der Waals surface area contributed by atoms with Crippen molar-refractivity contribution in [3.05, 3.63) is 60.0 Å². The standard InChI is InChI=1S/C24H26N4O4/c1-31-20-10-8-18(9-11-20)24-26-22(32-27-24)13-12-21(29)25-19-6-4-5-17(15-19)16-28-14-3-2-7-23(28)30/h4-6,8-11,15H,2-3,7,12-14,16H2,1H3,(H,25,29). The van der Waals surface area contributed by atoms with Crippen LogP contribution in [0.3, 0.4) is 0 Å². The third-order valence-corrected chi connectivity index (χ3v) is 5.39. The molecule has 1 N–H and O–H groups in total. The number of nitrogens with zero attached hydrogens (tertiary/aromatic N) is 3. The highest BCUT2D eigenvalue weighted by Crippen LogP contribution is 2.20. The number of aryl methyl sites for hydroxylation is 1. The Kier molecular flexibility index (Phi) is 6.79. The van der Waals surface area contributed by atoms with E-state index < -0.39 is 0 Å². The van der Waals surface area contributed by atoms with Gasteiger partial charge in [-0.05, 0) is 54.8 Å². The molecule has 32 heavy (non-hydrogen) atoms. The topological polar surface area (TPSA) is 97.6 Å². The molecular weight excluding hydrogens is 408 g/mol. The van der Waals surface area contributed by atoms with Crippen molar-refractivity contribution >= 4 is 17.5 Å². The Labute approximate surface area is 186 Å². The van der Waals surface area contributed by atoms with Gasteiger partial charge in [-0.15, -0.1) is 0 Å². The number of likely N-dealkylation sites (tertiary alicyclic amines) is 1. The molecule has 1 fully saturated rings. The van der Waals surface area contributed by atoms with Gasteiger partial charge in [-0.1, -0.05) is 17.3 Å². The number of benzene rings is 2. The second-order valence-corrected chi connectivity index (χ2v) is 7.76. The van der Waals surface area contributed by atoms with E-state index in [4.69, 9.17) is 9.26 Å². The highest BCUT2D eigenvalue weighted by atomic mass is 16.5. The quantitative estimate of drug-likeness (QED) is 0.579. The number of aromatic nitrogens is 2. The minimum atomic E-state index is -0.139. The summed E-state index contributed by atoms with van der Waals surface area (Å²) in [4.78, 5) is 30.7. The van der Waals surface area contributed by atoms with Crippen LogP contribution in [0.15, 0.2) is 53.1 Å². The van der Waals surface area contributed by atoms with Crippen LogP contribution in [-0.4, -0.2) is 40.5 Å². The Morgan fingerprint density at radius 2 is 2.03 bits per heavy atom. The van der Waals surface area contributed by atoms with Crippen molar-refractivity contribution in [2.45, 2.75) is 38.6 Å². The zero-order valence-electron chi connectivity index (χ0n) is 18.0. The lowest BCUT2D eigenvalue weighted by molar-refractivity contribution is -0.133. The Morgan fingerprint density at radius 3 is 2.81 bits per heavy atom. The number of carbonyl (C=O) groups is 2. The molecular formula is C24H26N4O4. The largest absolute Gasteiger partial charge is 0.497 e. The summed E-state index contributed by atoms with van der Waals surface area (Å²) in [7, 11) is 1.61. The SMILES string of the molecule is COc1ccc(-c2noc(CCC(=O)Nc3cccc(CN4CCCCC4=O)c3)n2)cc1. The van der Waals surface area contributed by atoms with Crippen LogP contribution in [0.4, 0.5) is 5.69 Å². The number of rotatable bonds is 8. The first-order valence-corrected chi connectivity index (χ1v) is 10.7. The summed E-state index contributed by atoms with van der Waals surface area (Å²) in [5, 5.41) is 6.89. The minimum Gasteiger partial charge on any atom is -0.497 e. The Bertz CT molecular complexity index is 1080. The van der Waals surface area contributed by atoms with Crippen molar-refractivity contribution in [2.24, 2.45) is 0 Å². The highest BCUT2D eigenvalue weighted by molar-refractivity contribution is 5.90. The molecule has 0 bridgehead atoms. The summed E-state index contributed by atoms with van der Waals surface area (Å²) in [6.45, 7) is 1.36. The molecule has 1 saturated heterocycles. The van der Waals surface area contributed by atoms with Crippen molar-refractivity contribution in [1.29, 1.82) is 0 Å². The summed E-state index contributed by atoms with van der Waals surface area (Å²) < 4.78 is 10.4. The molecule has 1 aliphatic rings. The smallest absolute Gasteiger partial charge is 0.227 e. The van der Waals surface area contributed by atoms with Crippen LogP contribution in [0.2, 0.25) is 0 Å². The summed E-state index contributed by atoms with van der Waals surface area (Å²) in [6, 6.07) is 15.0. The second-order valence-electron chi connectivity index (χ2n) is 7.76. The molecule has 1 aliphatic heterocycles. The van der Waals surface area contributed by atoms with Crippen LogP contribution in [0, 0.1) is 0 Å². The van der Waals surface area contributed by atoms with Gasteiger partial charge in [-0.2, -0.15) is 4.98 Å². The average Bonchev–Trinajstić information content (AvgIpc) is 3.29. The van der Waals surface area contributed by atoms with E-state index in [0.29, 0.717) is 36.8 Å². The molecule has 0 saturated carbocycles. The monoisotopic (exact) mass is 434 g/mol. The fraction of sp³-hybridized carbons (Fsp3) is 0.333. The second kappa shape index (κ2) is 10.1. The lowest BCUT2D eigenvalue weighted by atomic mass is 10.1. The van der Waals surface area contributed by atoms with Crippen LogP contribution in [0.1, 0.15) is 37.1 Å². The van der Waals surface area contributed by atoms with E-state index >= 15 is 0 Å². The van der Waals surface area contributed by atoms with Gasteiger partial charge in [0, 0.05) is 43.6 Å². The predicted molar refractivity (Wildman–Crippen MR) is 119 cm³/mol. The zero-order chi connectivity index (χ0) is 22.3. The molecule has 1 aromatic heterocycles. The molecule has 8 nitrogen and oxygen atoms in total. The molecule has 2 aromatic carbocycles. The Morgan fingerprint density at radius 1 is 1.19 bits per heavy atom. The molecule has 0 unspecified atom stereocenters. The van der Waals surface area contributed by atoms with E-state index in [2.05, 4.69) is 15.5 Å². The van der Waals surface area contributed by atoms with Gasteiger partial charge in [-0.25, -0.2) is 0 Å². The molecule has 0 spiro atoms.